The molecule has 3 nitrogen and oxygen atoms in total. The van der Waals surface area contributed by atoms with Gasteiger partial charge in [-0.25, -0.2) is 0 Å². The maximum Gasteiger partial charge on any atom is 0.125 e. The van der Waals surface area contributed by atoms with Crippen LogP contribution in [0.5, 0.6) is 5.75 Å². The summed E-state index contributed by atoms with van der Waals surface area (Å²) >= 11 is 3.52. The molecule has 0 bridgehead atoms. The average Bonchev–Trinajstić information content (AvgIpc) is 3.17. The number of fused-ring (bicyclic) bond motifs is 1. The molecule has 1 saturated heterocycles. The molecular formula is C16H21BrN2O. The Labute approximate surface area is 128 Å². The van der Waals surface area contributed by atoms with Gasteiger partial charge in [-0.2, -0.15) is 0 Å². The predicted molar refractivity (Wildman–Crippen MR) is 82.9 cm³/mol. The first-order valence-corrected chi connectivity index (χ1v) is 8.35. The van der Waals surface area contributed by atoms with E-state index >= 15 is 0 Å². The quantitative estimate of drug-likeness (QED) is 0.855. The van der Waals surface area contributed by atoms with Crippen molar-refractivity contribution in [1.29, 1.82) is 0 Å². The van der Waals surface area contributed by atoms with Crippen molar-refractivity contribution >= 4 is 15.9 Å². The lowest BCUT2D eigenvalue weighted by Gasteiger charge is -2.39. The first-order valence-electron chi connectivity index (χ1n) is 7.56. The molecule has 2 aliphatic heterocycles. The van der Waals surface area contributed by atoms with Crippen LogP contribution in [0.15, 0.2) is 22.7 Å². The summed E-state index contributed by atoms with van der Waals surface area (Å²) in [7, 11) is 0. The molecular weight excluding hydrogens is 316 g/mol. The van der Waals surface area contributed by atoms with Crippen LogP contribution >= 0.6 is 15.9 Å². The van der Waals surface area contributed by atoms with Gasteiger partial charge in [0.15, 0.2) is 0 Å². The fourth-order valence-corrected chi connectivity index (χ4v) is 4.39. The van der Waals surface area contributed by atoms with Crippen LogP contribution < -0.4 is 10.5 Å². The van der Waals surface area contributed by atoms with E-state index in [0.717, 1.165) is 41.2 Å². The number of ether oxygens (including phenoxy) is 1. The van der Waals surface area contributed by atoms with E-state index in [2.05, 4.69) is 39.9 Å². The monoisotopic (exact) mass is 336 g/mol. The highest BCUT2D eigenvalue weighted by molar-refractivity contribution is 9.10. The van der Waals surface area contributed by atoms with E-state index in [1.807, 2.05) is 6.07 Å². The van der Waals surface area contributed by atoms with E-state index in [1.54, 1.807) is 0 Å². The zero-order valence-corrected chi connectivity index (χ0v) is 13.4. The van der Waals surface area contributed by atoms with Crippen LogP contribution in [0.1, 0.15) is 44.2 Å². The van der Waals surface area contributed by atoms with Gasteiger partial charge >= 0.3 is 0 Å². The fraction of sp³-hybridized carbons (Fsp3) is 0.625. The molecule has 1 aliphatic carbocycles. The van der Waals surface area contributed by atoms with Gasteiger partial charge in [-0.3, -0.25) is 4.90 Å². The van der Waals surface area contributed by atoms with Crippen LogP contribution in [0.2, 0.25) is 0 Å². The molecule has 3 unspecified atom stereocenters. The zero-order chi connectivity index (χ0) is 13.9. The van der Waals surface area contributed by atoms with E-state index in [1.165, 1.54) is 12.8 Å². The van der Waals surface area contributed by atoms with Crippen LogP contribution in [-0.4, -0.2) is 29.1 Å². The molecule has 2 heterocycles. The summed E-state index contributed by atoms with van der Waals surface area (Å²) in [6, 6.07) is 7.71. The summed E-state index contributed by atoms with van der Waals surface area (Å²) < 4.78 is 7.52. The fourth-order valence-electron chi connectivity index (χ4n) is 4.01. The highest BCUT2D eigenvalue weighted by Crippen LogP contribution is 2.47. The molecule has 108 valence electrons. The first kappa shape index (κ1) is 13.1. The summed E-state index contributed by atoms with van der Waals surface area (Å²) in [6.45, 7) is 3.38. The Morgan fingerprint density at radius 3 is 2.90 bits per heavy atom. The van der Waals surface area contributed by atoms with Crippen molar-refractivity contribution in [3.63, 3.8) is 0 Å². The molecule has 20 heavy (non-hydrogen) atoms. The predicted octanol–water partition coefficient (Wildman–Crippen LogP) is 3.23. The van der Waals surface area contributed by atoms with Gasteiger partial charge in [0.2, 0.25) is 0 Å². The van der Waals surface area contributed by atoms with Gasteiger partial charge in [-0.05, 0) is 38.0 Å². The Hall–Kier alpha value is -0.580. The summed E-state index contributed by atoms with van der Waals surface area (Å²) in [4.78, 5) is 2.64. The van der Waals surface area contributed by atoms with Crippen molar-refractivity contribution in [3.05, 3.63) is 28.2 Å². The lowest BCUT2D eigenvalue weighted by molar-refractivity contribution is 0.0433. The number of likely N-dealkylation sites (tertiary alicyclic amines) is 1. The third-order valence-electron chi connectivity index (χ3n) is 5.01. The largest absolute Gasteiger partial charge is 0.485 e. The number of benzene rings is 1. The van der Waals surface area contributed by atoms with Gasteiger partial charge in [-0.15, -0.1) is 0 Å². The Morgan fingerprint density at radius 1 is 1.35 bits per heavy atom. The maximum atomic E-state index is 6.44. The Kier molecular flexibility index (Phi) is 2.92. The van der Waals surface area contributed by atoms with Crippen LogP contribution in [0.4, 0.5) is 0 Å². The molecule has 1 aromatic carbocycles. The van der Waals surface area contributed by atoms with Gasteiger partial charge in [0, 0.05) is 47.5 Å². The third-order valence-corrected chi connectivity index (χ3v) is 5.50. The van der Waals surface area contributed by atoms with Crippen LogP contribution in [0.25, 0.3) is 0 Å². The Morgan fingerprint density at radius 2 is 2.15 bits per heavy atom. The maximum absolute atomic E-state index is 6.44. The molecule has 4 rings (SSSR count). The summed E-state index contributed by atoms with van der Waals surface area (Å²) in [5.74, 6) is 0.983. The van der Waals surface area contributed by atoms with Crippen molar-refractivity contribution < 1.29 is 4.74 Å². The Bertz CT molecular complexity index is 545. The van der Waals surface area contributed by atoms with E-state index in [-0.39, 0.29) is 11.6 Å². The zero-order valence-electron chi connectivity index (χ0n) is 11.8. The smallest absolute Gasteiger partial charge is 0.125 e. The minimum absolute atomic E-state index is 0.0672. The number of hydrogen-bond acceptors (Lipinski definition) is 3. The van der Waals surface area contributed by atoms with Crippen molar-refractivity contribution in [3.8, 4) is 5.75 Å². The minimum Gasteiger partial charge on any atom is -0.485 e. The van der Waals surface area contributed by atoms with Crippen molar-refractivity contribution in [2.75, 3.05) is 6.54 Å². The molecule has 3 aliphatic rings. The van der Waals surface area contributed by atoms with Crippen molar-refractivity contribution in [2.24, 2.45) is 5.73 Å². The summed E-state index contributed by atoms with van der Waals surface area (Å²) in [5.41, 5.74) is 7.51. The standard InChI is InChI=1S/C16H21BrN2O/c1-10-7-16(9-19(10)12-3-4-12)8-14(18)13-6-11(17)2-5-15(13)20-16/h2,5-6,10,12,14H,3-4,7-9,18H2,1H3. The first-order chi connectivity index (χ1) is 9.56. The van der Waals surface area contributed by atoms with Gasteiger partial charge in [0.05, 0.1) is 0 Å². The van der Waals surface area contributed by atoms with Crippen molar-refractivity contribution in [2.45, 2.75) is 56.3 Å². The highest BCUT2D eigenvalue weighted by atomic mass is 79.9. The van der Waals surface area contributed by atoms with Crippen LogP contribution in [-0.2, 0) is 0 Å². The van der Waals surface area contributed by atoms with Gasteiger partial charge < -0.3 is 10.5 Å². The molecule has 2 fully saturated rings. The summed E-state index contributed by atoms with van der Waals surface area (Å²) in [6.07, 6.45) is 4.75. The molecule has 1 spiro atoms. The second-order valence-electron chi connectivity index (χ2n) is 6.73. The van der Waals surface area contributed by atoms with E-state index in [9.17, 15) is 0 Å². The third kappa shape index (κ3) is 2.09. The number of halogens is 1. The number of nitrogens with two attached hydrogens (primary N) is 1. The lowest BCUT2D eigenvalue weighted by Crippen LogP contribution is -2.45. The lowest BCUT2D eigenvalue weighted by atomic mass is 9.86. The molecule has 4 heteroatoms. The summed E-state index contributed by atoms with van der Waals surface area (Å²) in [5, 5.41) is 0. The molecule has 0 amide bonds. The van der Waals surface area contributed by atoms with Crippen LogP contribution in [0, 0.1) is 0 Å². The average molecular weight is 337 g/mol. The molecule has 2 N–H and O–H groups in total. The number of rotatable bonds is 1. The van der Waals surface area contributed by atoms with E-state index < -0.39 is 0 Å². The SMILES string of the molecule is CC1CC2(CC(N)c3cc(Br)ccc3O2)CN1C1CC1. The van der Waals surface area contributed by atoms with Crippen molar-refractivity contribution in [1.82, 2.24) is 4.90 Å². The second-order valence-corrected chi connectivity index (χ2v) is 7.65. The minimum atomic E-state index is -0.0672. The molecule has 1 saturated carbocycles. The highest BCUT2D eigenvalue weighted by Gasteiger charge is 2.51. The Balaban J connectivity index is 1.64. The topological polar surface area (TPSA) is 38.5 Å². The van der Waals surface area contributed by atoms with Gasteiger partial charge in [0.25, 0.3) is 0 Å². The van der Waals surface area contributed by atoms with Gasteiger partial charge in [-0.1, -0.05) is 15.9 Å². The van der Waals surface area contributed by atoms with Gasteiger partial charge in [0.1, 0.15) is 11.4 Å². The molecule has 0 radical (unpaired) electrons. The number of hydrogen-bond donors (Lipinski definition) is 1. The molecule has 1 aromatic rings. The van der Waals surface area contributed by atoms with Crippen LogP contribution in [0.3, 0.4) is 0 Å². The molecule has 0 aromatic heterocycles. The van der Waals surface area contributed by atoms with E-state index in [0.29, 0.717) is 6.04 Å². The molecule has 3 atom stereocenters. The normalized spacial score (nSPS) is 37.0. The number of nitrogens with zero attached hydrogens (tertiary/aromatic N) is 1. The van der Waals surface area contributed by atoms with E-state index in [4.69, 9.17) is 10.5 Å². The second kappa shape index (κ2) is 4.46.